The van der Waals surface area contributed by atoms with E-state index in [-0.39, 0.29) is 29.7 Å². The van der Waals surface area contributed by atoms with Gasteiger partial charge in [0.2, 0.25) is 0 Å². The van der Waals surface area contributed by atoms with Crippen LogP contribution in [0.1, 0.15) is 75.7 Å². The number of methoxy groups -OCH3 is 1. The van der Waals surface area contributed by atoms with E-state index in [1.54, 1.807) is 12.1 Å². The highest BCUT2D eigenvalue weighted by Gasteiger charge is 2.31. The van der Waals surface area contributed by atoms with Gasteiger partial charge in [0, 0.05) is 32.2 Å². The number of ether oxygens (including phenoxy) is 1. The smallest absolute Gasteiger partial charge is 0.406 e. The van der Waals surface area contributed by atoms with Crippen molar-refractivity contribution < 1.29 is 18.7 Å². The van der Waals surface area contributed by atoms with Gasteiger partial charge in [-0.25, -0.2) is 14.0 Å². The largest absolute Gasteiger partial charge is 0.453 e. The molecule has 1 aromatic rings. The van der Waals surface area contributed by atoms with Crippen molar-refractivity contribution in [2.75, 3.05) is 40.3 Å². The van der Waals surface area contributed by atoms with Crippen LogP contribution in [0.4, 0.5) is 14.0 Å². The molecule has 0 radical (unpaired) electrons. The summed E-state index contributed by atoms with van der Waals surface area (Å²) < 4.78 is 18.7. The number of alkyl carbamates (subject to hydrolysis) is 1. The first-order valence-electron chi connectivity index (χ1n) is 13.8. The Morgan fingerprint density at radius 2 is 1.97 bits per heavy atom. The van der Waals surface area contributed by atoms with Crippen LogP contribution in [-0.4, -0.2) is 63.4 Å². The van der Waals surface area contributed by atoms with Gasteiger partial charge in [-0.05, 0) is 74.6 Å². The lowest BCUT2D eigenvalue weighted by Gasteiger charge is -2.38. The van der Waals surface area contributed by atoms with Crippen molar-refractivity contribution >= 4 is 12.1 Å². The lowest BCUT2D eigenvalue weighted by atomic mass is 9.78. The number of nitrogens with zero attached hydrogens (tertiary/aromatic N) is 1. The molecule has 1 saturated carbocycles. The monoisotopic (exact) mass is 504 g/mol. The molecule has 0 spiro atoms. The molecule has 2 fully saturated rings. The fraction of sp³-hybridized carbons (Fsp3) is 0.714. The van der Waals surface area contributed by atoms with Gasteiger partial charge in [0.1, 0.15) is 5.82 Å². The second-order valence-corrected chi connectivity index (χ2v) is 10.5. The zero-order valence-electron chi connectivity index (χ0n) is 22.1. The molecule has 1 aliphatic carbocycles. The molecule has 3 rings (SSSR count). The van der Waals surface area contributed by atoms with Crippen molar-refractivity contribution in [2.45, 2.75) is 76.2 Å². The Balaban J connectivity index is 1.62. The maximum absolute atomic E-state index is 14.1. The minimum absolute atomic E-state index is 0.0149. The molecule has 0 aromatic heterocycles. The van der Waals surface area contributed by atoms with E-state index in [1.165, 1.54) is 45.3 Å². The van der Waals surface area contributed by atoms with Crippen molar-refractivity contribution in [3.05, 3.63) is 35.6 Å². The Morgan fingerprint density at radius 3 is 2.69 bits per heavy atom. The molecule has 1 saturated heterocycles. The number of likely N-dealkylation sites (tertiary alicyclic amines) is 1. The highest BCUT2D eigenvalue weighted by atomic mass is 19.1. The predicted molar refractivity (Wildman–Crippen MR) is 141 cm³/mol. The first kappa shape index (κ1) is 28.2. The molecular formula is C28H45FN4O3. The van der Waals surface area contributed by atoms with Gasteiger partial charge in [0.25, 0.3) is 0 Å². The highest BCUT2D eigenvalue weighted by Crippen LogP contribution is 2.35. The molecule has 1 aromatic carbocycles. The Kier molecular flexibility index (Phi) is 11.8. The van der Waals surface area contributed by atoms with Gasteiger partial charge >= 0.3 is 12.1 Å². The molecule has 3 atom stereocenters. The van der Waals surface area contributed by atoms with E-state index in [2.05, 4.69) is 20.7 Å². The summed E-state index contributed by atoms with van der Waals surface area (Å²) in [6.07, 6.45) is 10.5. The number of hydrogen-bond acceptors (Lipinski definition) is 4. The van der Waals surface area contributed by atoms with Crippen molar-refractivity contribution in [1.29, 1.82) is 0 Å². The summed E-state index contributed by atoms with van der Waals surface area (Å²) in [6, 6.07) is 6.97. The van der Waals surface area contributed by atoms with Gasteiger partial charge in [0.05, 0.1) is 7.11 Å². The van der Waals surface area contributed by atoms with Gasteiger partial charge in [-0.2, -0.15) is 0 Å². The lowest BCUT2D eigenvalue weighted by molar-refractivity contribution is 0.148. The number of amides is 3. The van der Waals surface area contributed by atoms with Crippen LogP contribution in [0.15, 0.2) is 24.3 Å². The molecule has 3 amide bonds. The van der Waals surface area contributed by atoms with E-state index in [4.69, 9.17) is 0 Å². The van der Waals surface area contributed by atoms with Gasteiger partial charge in [0.15, 0.2) is 0 Å². The summed E-state index contributed by atoms with van der Waals surface area (Å²) in [4.78, 5) is 26.7. The van der Waals surface area contributed by atoms with Crippen LogP contribution in [0.25, 0.3) is 0 Å². The van der Waals surface area contributed by atoms with Crippen LogP contribution in [0.5, 0.6) is 0 Å². The molecule has 1 heterocycles. The van der Waals surface area contributed by atoms with Crippen molar-refractivity contribution in [3.8, 4) is 0 Å². The van der Waals surface area contributed by atoms with Crippen LogP contribution >= 0.6 is 0 Å². The average Bonchev–Trinajstić information content (AvgIpc) is 2.89. The Labute approximate surface area is 215 Å². The summed E-state index contributed by atoms with van der Waals surface area (Å²) in [5, 5.41) is 9.30. The summed E-state index contributed by atoms with van der Waals surface area (Å²) in [5.41, 5.74) is 0.964. The second kappa shape index (κ2) is 15.0. The SMILES string of the molecule is CNC[C@H](CC1CCCCC1)NC(=O)N1CCC[C@@H]([C@H](CCCNC(=O)OC)c2cccc(F)c2)C1. The van der Waals surface area contributed by atoms with Gasteiger partial charge in [-0.1, -0.05) is 44.2 Å². The third-order valence-corrected chi connectivity index (χ3v) is 7.86. The van der Waals surface area contributed by atoms with E-state index in [0.717, 1.165) is 50.8 Å². The highest BCUT2D eigenvalue weighted by molar-refractivity contribution is 5.74. The molecule has 2 aliphatic rings. The number of hydrogen-bond donors (Lipinski definition) is 3. The molecule has 1 aliphatic heterocycles. The van der Waals surface area contributed by atoms with Gasteiger partial charge < -0.3 is 25.6 Å². The normalized spacial score (nSPS) is 20.4. The number of carbonyl (C=O) groups excluding carboxylic acids is 2. The van der Waals surface area contributed by atoms with Gasteiger partial charge in [-0.3, -0.25) is 0 Å². The number of urea groups is 1. The van der Waals surface area contributed by atoms with Crippen LogP contribution in [0.2, 0.25) is 0 Å². The molecule has 0 bridgehead atoms. The number of likely N-dealkylation sites (N-methyl/N-ethyl adjacent to an activating group) is 1. The number of piperidine rings is 1. The zero-order chi connectivity index (χ0) is 25.8. The van der Waals surface area contributed by atoms with E-state index < -0.39 is 6.09 Å². The van der Waals surface area contributed by atoms with Crippen LogP contribution < -0.4 is 16.0 Å². The Morgan fingerprint density at radius 1 is 1.17 bits per heavy atom. The van der Waals surface area contributed by atoms with Crippen molar-refractivity contribution in [3.63, 3.8) is 0 Å². The fourth-order valence-corrected chi connectivity index (χ4v) is 6.05. The third-order valence-electron chi connectivity index (χ3n) is 7.86. The number of rotatable bonds is 11. The summed E-state index contributed by atoms with van der Waals surface area (Å²) in [6.45, 7) is 2.69. The zero-order valence-corrected chi connectivity index (χ0v) is 22.1. The van der Waals surface area contributed by atoms with Crippen LogP contribution in [0.3, 0.4) is 0 Å². The predicted octanol–water partition coefficient (Wildman–Crippen LogP) is 5.03. The molecule has 8 heteroatoms. The third kappa shape index (κ3) is 8.95. The maximum atomic E-state index is 14.1. The standard InChI is InChI=1S/C28H45FN4O3/c1-30-19-25(17-21-9-4-3-5-10-21)32-27(34)33-16-8-12-23(20-33)26(14-7-15-31-28(35)36-2)22-11-6-13-24(29)18-22/h6,11,13,18,21,23,25-26,30H,3-5,7-10,12,14-17,19-20H2,1-2H3,(H,31,35)(H,32,34)/t23-,25+,26-/m1/s1. The minimum Gasteiger partial charge on any atom is -0.453 e. The second-order valence-electron chi connectivity index (χ2n) is 10.5. The number of halogens is 1. The van der Waals surface area contributed by atoms with Crippen LogP contribution in [-0.2, 0) is 4.74 Å². The maximum Gasteiger partial charge on any atom is 0.406 e. The summed E-state index contributed by atoms with van der Waals surface area (Å²) in [5.74, 6) is 0.812. The summed E-state index contributed by atoms with van der Waals surface area (Å²) in [7, 11) is 3.29. The fourth-order valence-electron chi connectivity index (χ4n) is 6.05. The first-order chi connectivity index (χ1) is 17.5. The molecule has 0 unspecified atom stereocenters. The number of nitrogens with one attached hydrogen (secondary N) is 3. The summed E-state index contributed by atoms with van der Waals surface area (Å²) >= 11 is 0. The molecule has 36 heavy (non-hydrogen) atoms. The molecular weight excluding hydrogens is 459 g/mol. The quantitative estimate of drug-likeness (QED) is 0.369. The first-order valence-corrected chi connectivity index (χ1v) is 13.8. The average molecular weight is 505 g/mol. The number of carbonyl (C=O) groups is 2. The molecule has 7 nitrogen and oxygen atoms in total. The van der Waals surface area contributed by atoms with Crippen LogP contribution in [0, 0.1) is 17.7 Å². The van der Waals surface area contributed by atoms with Gasteiger partial charge in [-0.15, -0.1) is 0 Å². The minimum atomic E-state index is -0.442. The van der Waals surface area contributed by atoms with E-state index in [9.17, 15) is 14.0 Å². The lowest BCUT2D eigenvalue weighted by Crippen LogP contribution is -2.51. The Hall–Kier alpha value is -2.35. The van der Waals surface area contributed by atoms with E-state index in [0.29, 0.717) is 19.0 Å². The molecule has 202 valence electrons. The van der Waals surface area contributed by atoms with E-state index >= 15 is 0 Å². The van der Waals surface area contributed by atoms with E-state index in [1.807, 2.05) is 18.0 Å². The topological polar surface area (TPSA) is 82.7 Å². The number of benzene rings is 1. The molecule has 3 N–H and O–H groups in total. The van der Waals surface area contributed by atoms with Crippen molar-refractivity contribution in [2.24, 2.45) is 11.8 Å². The van der Waals surface area contributed by atoms with Crippen molar-refractivity contribution in [1.82, 2.24) is 20.9 Å². The Bertz CT molecular complexity index is 818.